The number of benzene rings is 2. The van der Waals surface area contributed by atoms with E-state index >= 15 is 0 Å². The SMILES string of the molecule is Cc1ccc2nc(N3CCN(C(=O)CCCC(=O)[O-])CC3)nc(-c3ccccc3)c2c1. The number of carbonyl (C=O) groups excluding carboxylic acids is 2. The minimum Gasteiger partial charge on any atom is -0.550 e. The van der Waals surface area contributed by atoms with Crippen LogP contribution >= 0.6 is 0 Å². The Kier molecular flexibility index (Phi) is 6.11. The number of hydrogen-bond acceptors (Lipinski definition) is 6. The Morgan fingerprint density at radius 1 is 0.968 bits per heavy atom. The first-order valence-electron chi connectivity index (χ1n) is 10.6. The Morgan fingerprint density at radius 2 is 1.71 bits per heavy atom. The van der Waals surface area contributed by atoms with E-state index in [1.165, 1.54) is 0 Å². The molecule has 2 heterocycles. The van der Waals surface area contributed by atoms with Crippen LogP contribution in [0.5, 0.6) is 0 Å². The van der Waals surface area contributed by atoms with E-state index in [1.807, 2.05) is 24.3 Å². The van der Waals surface area contributed by atoms with Crippen molar-refractivity contribution in [1.29, 1.82) is 0 Å². The molecule has 0 saturated carbocycles. The van der Waals surface area contributed by atoms with E-state index in [-0.39, 0.29) is 18.7 Å². The highest BCUT2D eigenvalue weighted by Crippen LogP contribution is 2.29. The first kappa shape index (κ1) is 20.8. The molecule has 160 valence electrons. The van der Waals surface area contributed by atoms with Gasteiger partial charge in [0.2, 0.25) is 11.9 Å². The standard InChI is InChI=1S/C24H26N4O3/c1-17-10-11-20-19(16-17)23(18-6-3-2-4-7-18)26-24(25-20)28-14-12-27(13-15-28)21(29)8-5-9-22(30)31/h2-4,6-7,10-11,16H,5,8-9,12-15H2,1H3,(H,30,31)/p-1. The number of carboxylic acids is 1. The van der Waals surface area contributed by atoms with Crippen molar-refractivity contribution in [2.45, 2.75) is 26.2 Å². The number of piperazine rings is 1. The number of anilines is 1. The Labute approximate surface area is 181 Å². The maximum atomic E-state index is 12.3. The molecule has 0 bridgehead atoms. The van der Waals surface area contributed by atoms with Crippen LogP contribution < -0.4 is 10.0 Å². The van der Waals surface area contributed by atoms with Crippen LogP contribution in [0.2, 0.25) is 0 Å². The van der Waals surface area contributed by atoms with Gasteiger partial charge in [-0.15, -0.1) is 0 Å². The third kappa shape index (κ3) is 4.82. The highest BCUT2D eigenvalue weighted by molar-refractivity contribution is 5.93. The van der Waals surface area contributed by atoms with E-state index < -0.39 is 5.97 Å². The topological polar surface area (TPSA) is 89.5 Å². The zero-order chi connectivity index (χ0) is 21.8. The number of carboxylic acid groups (broad SMARTS) is 1. The first-order chi connectivity index (χ1) is 15.0. The van der Waals surface area contributed by atoms with Gasteiger partial charge in [0.1, 0.15) is 0 Å². The molecule has 1 aliphatic rings. The van der Waals surface area contributed by atoms with Crippen LogP contribution in [0.25, 0.3) is 22.2 Å². The van der Waals surface area contributed by atoms with Crippen LogP contribution in [0.15, 0.2) is 48.5 Å². The van der Waals surface area contributed by atoms with Gasteiger partial charge in [-0.25, -0.2) is 9.97 Å². The van der Waals surface area contributed by atoms with Gasteiger partial charge in [0, 0.05) is 49.5 Å². The number of aliphatic carboxylic acids is 1. The molecule has 31 heavy (non-hydrogen) atoms. The van der Waals surface area contributed by atoms with E-state index in [9.17, 15) is 14.7 Å². The summed E-state index contributed by atoms with van der Waals surface area (Å²) in [6, 6.07) is 16.3. The number of carbonyl (C=O) groups is 2. The van der Waals surface area contributed by atoms with E-state index in [0.29, 0.717) is 38.5 Å². The molecular weight excluding hydrogens is 392 g/mol. The van der Waals surface area contributed by atoms with Crippen molar-refractivity contribution < 1.29 is 14.7 Å². The Hall–Kier alpha value is -3.48. The average Bonchev–Trinajstić information content (AvgIpc) is 2.79. The zero-order valence-corrected chi connectivity index (χ0v) is 17.6. The van der Waals surface area contributed by atoms with Gasteiger partial charge < -0.3 is 19.7 Å². The highest BCUT2D eigenvalue weighted by atomic mass is 16.4. The van der Waals surface area contributed by atoms with Crippen LogP contribution in [0.4, 0.5) is 5.95 Å². The second-order valence-corrected chi connectivity index (χ2v) is 7.85. The normalized spacial score (nSPS) is 14.1. The molecule has 4 rings (SSSR count). The fraction of sp³-hybridized carbons (Fsp3) is 0.333. The summed E-state index contributed by atoms with van der Waals surface area (Å²) in [7, 11) is 0. The molecule has 0 unspecified atom stereocenters. The Balaban J connectivity index is 1.54. The molecule has 0 N–H and O–H groups in total. The van der Waals surface area contributed by atoms with Crippen molar-refractivity contribution in [3.8, 4) is 11.3 Å². The van der Waals surface area contributed by atoms with E-state index in [2.05, 4.69) is 36.1 Å². The van der Waals surface area contributed by atoms with Gasteiger partial charge in [-0.05, 0) is 31.9 Å². The first-order valence-corrected chi connectivity index (χ1v) is 10.6. The molecule has 7 heteroatoms. The molecule has 0 aliphatic carbocycles. The van der Waals surface area contributed by atoms with E-state index in [4.69, 9.17) is 9.97 Å². The molecule has 1 saturated heterocycles. The summed E-state index contributed by atoms with van der Waals surface area (Å²) in [6.45, 7) is 4.47. The molecule has 3 aromatic rings. The maximum Gasteiger partial charge on any atom is 0.226 e. The lowest BCUT2D eigenvalue weighted by Gasteiger charge is -2.35. The van der Waals surface area contributed by atoms with Crippen LogP contribution in [-0.4, -0.2) is 52.9 Å². The second-order valence-electron chi connectivity index (χ2n) is 7.85. The van der Waals surface area contributed by atoms with Crippen molar-refractivity contribution >= 4 is 28.7 Å². The summed E-state index contributed by atoms with van der Waals surface area (Å²) in [4.78, 5) is 36.5. The fourth-order valence-electron chi connectivity index (χ4n) is 3.89. The third-order valence-corrected chi connectivity index (χ3v) is 5.57. The smallest absolute Gasteiger partial charge is 0.226 e. The summed E-state index contributed by atoms with van der Waals surface area (Å²) >= 11 is 0. The molecule has 1 aliphatic heterocycles. The number of nitrogens with zero attached hydrogens (tertiary/aromatic N) is 4. The molecule has 1 amide bonds. The Morgan fingerprint density at radius 3 is 2.42 bits per heavy atom. The number of amides is 1. The average molecular weight is 417 g/mol. The quantitative estimate of drug-likeness (QED) is 0.611. The predicted octanol–water partition coefficient (Wildman–Crippen LogP) is 2.17. The Bertz CT molecular complexity index is 1090. The van der Waals surface area contributed by atoms with Gasteiger partial charge in [0.15, 0.2) is 0 Å². The van der Waals surface area contributed by atoms with Gasteiger partial charge in [-0.2, -0.15) is 0 Å². The van der Waals surface area contributed by atoms with Crippen molar-refractivity contribution in [2.75, 3.05) is 31.1 Å². The van der Waals surface area contributed by atoms with Crippen LogP contribution in [0.1, 0.15) is 24.8 Å². The van der Waals surface area contributed by atoms with Gasteiger partial charge in [-0.3, -0.25) is 4.79 Å². The van der Waals surface area contributed by atoms with Crippen molar-refractivity contribution in [3.05, 3.63) is 54.1 Å². The monoisotopic (exact) mass is 417 g/mol. The van der Waals surface area contributed by atoms with Gasteiger partial charge >= 0.3 is 0 Å². The van der Waals surface area contributed by atoms with Crippen LogP contribution in [0, 0.1) is 6.92 Å². The molecule has 2 aromatic carbocycles. The number of hydrogen-bond donors (Lipinski definition) is 0. The molecule has 0 spiro atoms. The van der Waals surface area contributed by atoms with Crippen LogP contribution in [0.3, 0.4) is 0 Å². The summed E-state index contributed by atoms with van der Waals surface area (Å²) in [5.41, 5.74) is 4.01. The molecule has 1 aromatic heterocycles. The number of aromatic nitrogens is 2. The zero-order valence-electron chi connectivity index (χ0n) is 17.6. The number of aryl methyl sites for hydroxylation is 1. The highest BCUT2D eigenvalue weighted by Gasteiger charge is 2.23. The summed E-state index contributed by atoms with van der Waals surface area (Å²) in [6.07, 6.45) is 0.464. The maximum absolute atomic E-state index is 12.3. The van der Waals surface area contributed by atoms with Crippen molar-refractivity contribution in [3.63, 3.8) is 0 Å². The van der Waals surface area contributed by atoms with Gasteiger partial charge in [0.25, 0.3) is 0 Å². The van der Waals surface area contributed by atoms with Gasteiger partial charge in [-0.1, -0.05) is 42.0 Å². The van der Waals surface area contributed by atoms with E-state index in [1.54, 1.807) is 4.90 Å². The van der Waals surface area contributed by atoms with Crippen molar-refractivity contribution in [1.82, 2.24) is 14.9 Å². The number of rotatable bonds is 6. The minimum atomic E-state index is -1.12. The molecular formula is C24H25N4O3-. The third-order valence-electron chi connectivity index (χ3n) is 5.57. The molecule has 0 atom stereocenters. The molecule has 7 nitrogen and oxygen atoms in total. The van der Waals surface area contributed by atoms with Gasteiger partial charge in [0.05, 0.1) is 11.2 Å². The minimum absolute atomic E-state index is 0.0132. The largest absolute Gasteiger partial charge is 0.550 e. The fourth-order valence-corrected chi connectivity index (χ4v) is 3.89. The molecule has 1 fully saturated rings. The lowest BCUT2D eigenvalue weighted by atomic mass is 10.0. The summed E-state index contributed by atoms with van der Waals surface area (Å²) in [5.74, 6) is -0.462. The van der Waals surface area contributed by atoms with Crippen LogP contribution in [-0.2, 0) is 9.59 Å². The van der Waals surface area contributed by atoms with E-state index in [0.717, 1.165) is 27.7 Å². The lowest BCUT2D eigenvalue weighted by Crippen LogP contribution is -2.49. The number of fused-ring (bicyclic) bond motifs is 1. The summed E-state index contributed by atoms with van der Waals surface area (Å²) in [5, 5.41) is 11.6. The predicted molar refractivity (Wildman–Crippen MR) is 117 cm³/mol. The summed E-state index contributed by atoms with van der Waals surface area (Å²) < 4.78 is 0. The second kappa shape index (κ2) is 9.12. The molecule has 0 radical (unpaired) electrons. The van der Waals surface area contributed by atoms with Crippen molar-refractivity contribution in [2.24, 2.45) is 0 Å². The lowest BCUT2D eigenvalue weighted by molar-refractivity contribution is -0.305.